The van der Waals surface area contributed by atoms with E-state index in [4.69, 9.17) is 9.47 Å². The van der Waals surface area contributed by atoms with Crippen molar-refractivity contribution >= 4 is 5.97 Å². The van der Waals surface area contributed by atoms with Gasteiger partial charge in [-0.05, 0) is 30.5 Å². The fraction of sp³-hybridized carbons (Fsp3) is 0.350. The summed E-state index contributed by atoms with van der Waals surface area (Å²) in [7, 11) is 1.67. The molecule has 2 aromatic carbocycles. The van der Waals surface area contributed by atoms with Gasteiger partial charge in [0.15, 0.2) is 0 Å². The number of methoxy groups -OCH3 is 1. The minimum absolute atomic E-state index is 0.151. The van der Waals surface area contributed by atoms with Crippen molar-refractivity contribution in [2.45, 2.75) is 32.5 Å². The summed E-state index contributed by atoms with van der Waals surface area (Å²) in [5, 5.41) is 0. The zero-order valence-electron chi connectivity index (χ0n) is 14.2. The van der Waals surface area contributed by atoms with Crippen LogP contribution in [0.5, 0.6) is 5.75 Å². The van der Waals surface area contributed by atoms with Crippen LogP contribution in [-0.4, -0.2) is 30.6 Å². The Bertz CT molecular complexity index is 714. The summed E-state index contributed by atoms with van der Waals surface area (Å²) in [6, 6.07) is 16.0. The predicted molar refractivity (Wildman–Crippen MR) is 92.8 cm³/mol. The van der Waals surface area contributed by atoms with Crippen LogP contribution < -0.4 is 4.74 Å². The molecule has 1 aliphatic rings. The van der Waals surface area contributed by atoms with Gasteiger partial charge < -0.3 is 9.47 Å². The van der Waals surface area contributed by atoms with E-state index in [0.717, 1.165) is 17.9 Å². The summed E-state index contributed by atoms with van der Waals surface area (Å²) >= 11 is 0. The first kappa shape index (κ1) is 16.5. The molecule has 0 saturated heterocycles. The number of hydrogen-bond acceptors (Lipinski definition) is 4. The zero-order chi connectivity index (χ0) is 16.9. The molecule has 1 unspecified atom stereocenters. The average Bonchev–Trinajstić information content (AvgIpc) is 2.62. The molecule has 126 valence electrons. The van der Waals surface area contributed by atoms with Crippen LogP contribution in [0.4, 0.5) is 0 Å². The van der Waals surface area contributed by atoms with Gasteiger partial charge in [0, 0.05) is 18.7 Å². The van der Waals surface area contributed by atoms with Crippen LogP contribution in [0.25, 0.3) is 0 Å². The maximum absolute atomic E-state index is 12.5. The lowest BCUT2D eigenvalue weighted by atomic mass is 9.93. The molecular formula is C20H23NO3. The highest BCUT2D eigenvalue weighted by atomic mass is 16.5. The molecular weight excluding hydrogens is 302 g/mol. The van der Waals surface area contributed by atoms with Crippen molar-refractivity contribution < 1.29 is 14.3 Å². The molecule has 0 radical (unpaired) electrons. The Labute approximate surface area is 143 Å². The number of fused-ring (bicyclic) bond motifs is 1. The second-order valence-corrected chi connectivity index (χ2v) is 5.96. The van der Waals surface area contributed by atoms with Gasteiger partial charge in [0.2, 0.25) is 0 Å². The van der Waals surface area contributed by atoms with Gasteiger partial charge in [-0.2, -0.15) is 0 Å². The van der Waals surface area contributed by atoms with Crippen molar-refractivity contribution in [3.63, 3.8) is 0 Å². The fourth-order valence-electron chi connectivity index (χ4n) is 3.27. The van der Waals surface area contributed by atoms with Gasteiger partial charge in [-0.25, -0.2) is 0 Å². The molecule has 4 nitrogen and oxygen atoms in total. The summed E-state index contributed by atoms with van der Waals surface area (Å²) < 4.78 is 10.8. The molecule has 2 aromatic rings. The van der Waals surface area contributed by atoms with Crippen molar-refractivity contribution in [1.29, 1.82) is 0 Å². The van der Waals surface area contributed by atoms with Crippen LogP contribution in [0.3, 0.4) is 0 Å². The summed E-state index contributed by atoms with van der Waals surface area (Å²) in [5.41, 5.74) is 3.58. The molecule has 1 atom stereocenters. The van der Waals surface area contributed by atoms with E-state index in [2.05, 4.69) is 17.0 Å². The minimum atomic E-state index is -0.259. The molecule has 24 heavy (non-hydrogen) atoms. The van der Waals surface area contributed by atoms with Crippen LogP contribution in [-0.2, 0) is 29.0 Å². The topological polar surface area (TPSA) is 38.8 Å². The second kappa shape index (κ2) is 7.49. The Kier molecular flexibility index (Phi) is 5.16. The van der Waals surface area contributed by atoms with E-state index in [1.54, 1.807) is 7.11 Å². The lowest BCUT2D eigenvalue weighted by Crippen LogP contribution is -2.45. The van der Waals surface area contributed by atoms with E-state index in [1.165, 1.54) is 11.1 Å². The Morgan fingerprint density at radius 2 is 1.83 bits per heavy atom. The van der Waals surface area contributed by atoms with Crippen LogP contribution in [0.15, 0.2) is 48.5 Å². The number of carbonyl (C=O) groups excluding carboxylic acids is 1. The van der Waals surface area contributed by atoms with Gasteiger partial charge in [-0.1, -0.05) is 42.5 Å². The number of esters is 1. The van der Waals surface area contributed by atoms with Crippen LogP contribution in [0.2, 0.25) is 0 Å². The molecule has 0 N–H and O–H groups in total. The van der Waals surface area contributed by atoms with Crippen molar-refractivity contribution in [1.82, 2.24) is 4.90 Å². The molecule has 4 heteroatoms. The quantitative estimate of drug-likeness (QED) is 0.792. The lowest BCUT2D eigenvalue weighted by molar-refractivity contribution is -0.150. The smallest absolute Gasteiger partial charge is 0.323 e. The van der Waals surface area contributed by atoms with Gasteiger partial charge >= 0.3 is 5.97 Å². The van der Waals surface area contributed by atoms with E-state index in [9.17, 15) is 4.79 Å². The first-order valence-corrected chi connectivity index (χ1v) is 8.32. The molecule has 1 aliphatic heterocycles. The Hall–Kier alpha value is -2.33. The highest BCUT2D eigenvalue weighted by molar-refractivity contribution is 5.76. The van der Waals surface area contributed by atoms with Crippen LogP contribution in [0.1, 0.15) is 23.6 Å². The lowest BCUT2D eigenvalue weighted by Gasteiger charge is -2.35. The van der Waals surface area contributed by atoms with Crippen LogP contribution in [0, 0.1) is 0 Å². The minimum Gasteiger partial charge on any atom is -0.496 e. The summed E-state index contributed by atoms with van der Waals surface area (Å²) in [6.07, 6.45) is 0.685. The Morgan fingerprint density at radius 3 is 2.58 bits per heavy atom. The number of rotatable bonds is 5. The van der Waals surface area contributed by atoms with E-state index in [-0.39, 0.29) is 12.0 Å². The van der Waals surface area contributed by atoms with E-state index in [1.807, 2.05) is 43.3 Å². The monoisotopic (exact) mass is 325 g/mol. The second-order valence-electron chi connectivity index (χ2n) is 5.96. The molecule has 0 spiro atoms. The standard InChI is InChI=1S/C20H23NO3/c1-3-24-20(22)18-12-15-8-4-5-9-16(15)13-21(18)14-17-10-6-7-11-19(17)23-2/h4-11,18H,3,12-14H2,1-2H3. The van der Waals surface area contributed by atoms with Crippen molar-refractivity contribution in [3.8, 4) is 5.75 Å². The van der Waals surface area contributed by atoms with Crippen LogP contribution >= 0.6 is 0 Å². The van der Waals surface area contributed by atoms with Crippen molar-refractivity contribution in [2.24, 2.45) is 0 Å². The summed E-state index contributed by atoms with van der Waals surface area (Å²) in [4.78, 5) is 14.6. The number of carbonyl (C=O) groups is 1. The average molecular weight is 325 g/mol. The molecule has 0 aliphatic carbocycles. The van der Waals surface area contributed by atoms with Crippen molar-refractivity contribution in [2.75, 3.05) is 13.7 Å². The molecule has 3 rings (SSSR count). The third kappa shape index (κ3) is 3.44. The Balaban J connectivity index is 1.89. The van der Waals surface area contributed by atoms with E-state index >= 15 is 0 Å². The van der Waals surface area contributed by atoms with Gasteiger partial charge in [-0.15, -0.1) is 0 Å². The summed E-state index contributed by atoms with van der Waals surface area (Å²) in [5.74, 6) is 0.695. The van der Waals surface area contributed by atoms with E-state index in [0.29, 0.717) is 19.6 Å². The predicted octanol–water partition coefficient (Wildman–Crippen LogP) is 3.19. The molecule has 0 bridgehead atoms. The largest absolute Gasteiger partial charge is 0.496 e. The van der Waals surface area contributed by atoms with E-state index < -0.39 is 0 Å². The summed E-state index contributed by atoms with van der Waals surface area (Å²) in [6.45, 7) is 3.64. The number of hydrogen-bond donors (Lipinski definition) is 0. The SMILES string of the molecule is CCOC(=O)C1Cc2ccccc2CN1Cc1ccccc1OC. The highest BCUT2D eigenvalue weighted by Gasteiger charge is 2.32. The first-order valence-electron chi connectivity index (χ1n) is 8.32. The highest BCUT2D eigenvalue weighted by Crippen LogP contribution is 2.28. The van der Waals surface area contributed by atoms with Gasteiger partial charge in [0.25, 0.3) is 0 Å². The number of ether oxygens (including phenoxy) is 2. The van der Waals surface area contributed by atoms with Gasteiger partial charge in [-0.3, -0.25) is 9.69 Å². The third-order valence-electron chi connectivity index (χ3n) is 4.47. The fourth-order valence-corrected chi connectivity index (χ4v) is 3.27. The molecule has 0 amide bonds. The first-order chi connectivity index (χ1) is 11.7. The number of nitrogens with zero attached hydrogens (tertiary/aromatic N) is 1. The zero-order valence-corrected chi connectivity index (χ0v) is 14.2. The van der Waals surface area contributed by atoms with Crippen molar-refractivity contribution in [3.05, 3.63) is 65.2 Å². The molecule has 0 saturated carbocycles. The van der Waals surface area contributed by atoms with Gasteiger partial charge in [0.05, 0.1) is 13.7 Å². The normalized spacial score (nSPS) is 17.2. The van der Waals surface area contributed by atoms with Gasteiger partial charge in [0.1, 0.15) is 11.8 Å². The third-order valence-corrected chi connectivity index (χ3v) is 4.47. The number of para-hydroxylation sites is 1. The maximum Gasteiger partial charge on any atom is 0.323 e. The molecule has 0 fully saturated rings. The maximum atomic E-state index is 12.5. The number of benzene rings is 2. The Morgan fingerprint density at radius 1 is 1.12 bits per heavy atom. The molecule has 1 heterocycles. The molecule has 0 aromatic heterocycles.